The third kappa shape index (κ3) is 6.81. The molecule has 36 heavy (non-hydrogen) atoms. The van der Waals surface area contributed by atoms with Crippen LogP contribution in [-0.2, 0) is 20.9 Å². The van der Waals surface area contributed by atoms with Gasteiger partial charge >= 0.3 is 0 Å². The number of ether oxygens (including phenoxy) is 2. The van der Waals surface area contributed by atoms with E-state index in [0.29, 0.717) is 43.0 Å². The fourth-order valence-corrected chi connectivity index (χ4v) is 3.91. The van der Waals surface area contributed by atoms with Crippen LogP contribution in [0.4, 0.5) is 0 Å². The second-order valence-electron chi connectivity index (χ2n) is 9.28. The van der Waals surface area contributed by atoms with Crippen LogP contribution in [0.15, 0.2) is 48.5 Å². The van der Waals surface area contributed by atoms with Crippen molar-refractivity contribution < 1.29 is 19.1 Å². The van der Waals surface area contributed by atoms with Gasteiger partial charge in [0.15, 0.2) is 0 Å². The molecule has 1 N–H and O–H groups in total. The molecule has 1 atom stereocenters. The van der Waals surface area contributed by atoms with Gasteiger partial charge in [-0.3, -0.25) is 9.59 Å². The molecule has 9 nitrogen and oxygen atoms in total. The Labute approximate surface area is 212 Å². The van der Waals surface area contributed by atoms with E-state index >= 15 is 0 Å². The molecule has 194 valence electrons. The number of carbonyl (C=O) groups excluding carboxylic acids is 2. The third-order valence-corrected chi connectivity index (χ3v) is 6.23. The number of benzene rings is 2. The second kappa shape index (κ2) is 12.5. The number of amides is 2. The molecule has 0 aliphatic carbocycles. The van der Waals surface area contributed by atoms with Gasteiger partial charge in [-0.2, -0.15) is 0 Å². The van der Waals surface area contributed by atoms with Gasteiger partial charge in [0.05, 0.1) is 12.6 Å². The molecule has 3 aromatic rings. The summed E-state index contributed by atoms with van der Waals surface area (Å²) < 4.78 is 12.5. The Kier molecular flexibility index (Phi) is 9.41. The van der Waals surface area contributed by atoms with Gasteiger partial charge in [-0.1, -0.05) is 36.4 Å². The Morgan fingerprint density at radius 2 is 1.92 bits per heavy atom. The van der Waals surface area contributed by atoms with Crippen LogP contribution in [0.2, 0.25) is 0 Å². The quantitative estimate of drug-likeness (QED) is 0.363. The number of methoxy groups -OCH3 is 1. The summed E-state index contributed by atoms with van der Waals surface area (Å²) in [5.41, 5.74) is 1.71. The average Bonchev–Trinajstić information content (AvgIpc) is 3.28. The molecule has 0 aliphatic rings. The van der Waals surface area contributed by atoms with Crippen molar-refractivity contribution in [2.45, 2.75) is 58.7 Å². The van der Waals surface area contributed by atoms with Crippen molar-refractivity contribution in [1.29, 1.82) is 0 Å². The normalized spacial score (nSPS) is 12.4. The lowest BCUT2D eigenvalue weighted by Crippen LogP contribution is -2.51. The first-order valence-electron chi connectivity index (χ1n) is 12.4. The van der Waals surface area contributed by atoms with Crippen molar-refractivity contribution in [2.24, 2.45) is 0 Å². The molecule has 2 aromatic carbocycles. The minimum atomic E-state index is -0.852. The van der Waals surface area contributed by atoms with Gasteiger partial charge in [-0.25, -0.2) is 4.68 Å². The minimum absolute atomic E-state index is 0.0416. The molecule has 3 rings (SSSR count). The Balaban J connectivity index is 1.99. The number of fused-ring (bicyclic) bond motifs is 1. The maximum absolute atomic E-state index is 13.8. The van der Waals surface area contributed by atoms with Crippen LogP contribution >= 0.6 is 0 Å². The summed E-state index contributed by atoms with van der Waals surface area (Å²) in [6.45, 7) is 9.25. The van der Waals surface area contributed by atoms with E-state index in [9.17, 15) is 9.59 Å². The molecule has 0 fully saturated rings. The van der Waals surface area contributed by atoms with Gasteiger partial charge in [0, 0.05) is 25.3 Å². The fraction of sp³-hybridized carbons (Fsp3) is 0.481. The predicted molar refractivity (Wildman–Crippen MR) is 139 cm³/mol. The summed E-state index contributed by atoms with van der Waals surface area (Å²) in [6.07, 6.45) is 1.33. The van der Waals surface area contributed by atoms with Crippen LogP contribution in [0.5, 0.6) is 5.75 Å². The lowest BCUT2D eigenvalue weighted by atomic mass is 9.98. The molecule has 0 bridgehead atoms. The first-order valence-corrected chi connectivity index (χ1v) is 12.4. The molecule has 0 unspecified atom stereocenters. The minimum Gasteiger partial charge on any atom is -0.497 e. The smallest absolute Gasteiger partial charge is 0.247 e. The van der Waals surface area contributed by atoms with Crippen molar-refractivity contribution in [3.05, 3.63) is 54.1 Å². The molecule has 0 spiro atoms. The molecule has 2 amide bonds. The van der Waals surface area contributed by atoms with E-state index in [0.717, 1.165) is 11.9 Å². The first-order chi connectivity index (χ1) is 17.3. The number of nitrogens with zero attached hydrogens (tertiary/aromatic N) is 4. The molecular formula is C27H37N5O4. The summed E-state index contributed by atoms with van der Waals surface area (Å²) in [4.78, 5) is 29.2. The zero-order valence-corrected chi connectivity index (χ0v) is 21.9. The van der Waals surface area contributed by atoms with Crippen molar-refractivity contribution in [2.75, 3.05) is 26.9 Å². The van der Waals surface area contributed by atoms with Gasteiger partial charge in [-0.05, 0) is 63.4 Å². The van der Waals surface area contributed by atoms with Crippen LogP contribution in [0.1, 0.15) is 52.1 Å². The van der Waals surface area contributed by atoms with Gasteiger partial charge in [0.1, 0.15) is 23.9 Å². The number of aromatic nitrogens is 3. The highest BCUT2D eigenvalue weighted by molar-refractivity contribution is 5.89. The highest BCUT2D eigenvalue weighted by Gasteiger charge is 2.34. The van der Waals surface area contributed by atoms with Crippen LogP contribution in [0, 0.1) is 0 Å². The largest absolute Gasteiger partial charge is 0.497 e. The molecular weight excluding hydrogens is 458 g/mol. The Morgan fingerprint density at radius 3 is 2.64 bits per heavy atom. The van der Waals surface area contributed by atoms with Gasteiger partial charge in [0.25, 0.3) is 0 Å². The number of hydrogen-bond donors (Lipinski definition) is 1. The molecule has 0 aliphatic heterocycles. The predicted octanol–water partition coefficient (Wildman–Crippen LogP) is 3.74. The highest BCUT2D eigenvalue weighted by atomic mass is 16.5. The molecule has 0 radical (unpaired) electrons. The highest BCUT2D eigenvalue weighted by Crippen LogP contribution is 2.27. The Hall–Kier alpha value is -3.46. The van der Waals surface area contributed by atoms with E-state index in [2.05, 4.69) is 15.6 Å². The van der Waals surface area contributed by atoms with E-state index in [1.807, 2.05) is 70.2 Å². The van der Waals surface area contributed by atoms with E-state index in [-0.39, 0.29) is 18.4 Å². The first kappa shape index (κ1) is 27.1. The number of carbonyl (C=O) groups is 2. The molecule has 9 heteroatoms. The third-order valence-electron chi connectivity index (χ3n) is 6.23. The zero-order valence-electron chi connectivity index (χ0n) is 21.9. The molecule has 0 saturated heterocycles. The van der Waals surface area contributed by atoms with Crippen LogP contribution < -0.4 is 10.1 Å². The van der Waals surface area contributed by atoms with Crippen molar-refractivity contribution >= 4 is 22.8 Å². The number of nitrogens with one attached hydrogen (secondary N) is 1. The van der Waals surface area contributed by atoms with Crippen molar-refractivity contribution in [3.8, 4) is 5.75 Å². The average molecular weight is 496 g/mol. The van der Waals surface area contributed by atoms with Gasteiger partial charge in [-0.15, -0.1) is 5.10 Å². The van der Waals surface area contributed by atoms with Crippen LogP contribution in [-0.4, -0.2) is 64.1 Å². The molecule has 0 saturated carbocycles. The van der Waals surface area contributed by atoms with Gasteiger partial charge < -0.3 is 19.7 Å². The second-order valence-corrected chi connectivity index (χ2v) is 9.28. The summed E-state index contributed by atoms with van der Waals surface area (Å²) >= 11 is 0. The summed E-state index contributed by atoms with van der Waals surface area (Å²) in [6, 6.07) is 13.9. The van der Waals surface area contributed by atoms with E-state index in [1.165, 1.54) is 0 Å². The molecule has 1 heterocycles. The SMILES string of the molecule is CCOCCCN(C(=O)Cn1nnc2ccccc21)[C@@H](C(=O)NC(C)(C)CC)c1cccc(OC)c1. The fourth-order valence-electron chi connectivity index (χ4n) is 3.91. The Bertz CT molecular complexity index is 1160. The van der Waals surface area contributed by atoms with Crippen LogP contribution in [0.3, 0.4) is 0 Å². The lowest BCUT2D eigenvalue weighted by Gasteiger charge is -2.34. The number of hydrogen-bond acceptors (Lipinski definition) is 6. The van der Waals surface area contributed by atoms with Crippen molar-refractivity contribution in [3.63, 3.8) is 0 Å². The topological polar surface area (TPSA) is 98.6 Å². The van der Waals surface area contributed by atoms with Crippen molar-refractivity contribution in [1.82, 2.24) is 25.2 Å². The maximum Gasteiger partial charge on any atom is 0.247 e. The number of rotatable bonds is 13. The Morgan fingerprint density at radius 1 is 1.14 bits per heavy atom. The lowest BCUT2D eigenvalue weighted by molar-refractivity contribution is -0.142. The number of para-hydroxylation sites is 1. The van der Waals surface area contributed by atoms with Gasteiger partial charge in [0.2, 0.25) is 11.8 Å². The van der Waals surface area contributed by atoms with Crippen LogP contribution in [0.25, 0.3) is 11.0 Å². The standard InChI is InChI=1S/C27H37N5O4/c1-6-27(3,4)28-26(34)25(20-12-10-13-21(18-20)35-5)31(16-11-17-36-7-2)24(33)19-32-23-15-9-8-14-22(23)29-30-32/h8-10,12-15,18,25H,6-7,11,16-17,19H2,1-5H3,(H,28,34)/t25-/m1/s1. The summed E-state index contributed by atoms with van der Waals surface area (Å²) in [5.74, 6) is 0.131. The molecule has 1 aromatic heterocycles. The summed E-state index contributed by atoms with van der Waals surface area (Å²) in [7, 11) is 1.58. The monoisotopic (exact) mass is 495 g/mol. The summed E-state index contributed by atoms with van der Waals surface area (Å²) in [5, 5.41) is 11.5. The van der Waals surface area contributed by atoms with E-state index < -0.39 is 11.6 Å². The zero-order chi connectivity index (χ0) is 26.1. The maximum atomic E-state index is 13.8. The van der Waals surface area contributed by atoms with E-state index in [4.69, 9.17) is 9.47 Å². The van der Waals surface area contributed by atoms with E-state index in [1.54, 1.807) is 22.8 Å².